The summed E-state index contributed by atoms with van der Waals surface area (Å²) in [6.45, 7) is 4.11. The van der Waals surface area contributed by atoms with Crippen LogP contribution in [0.5, 0.6) is 0 Å². The summed E-state index contributed by atoms with van der Waals surface area (Å²) in [7, 11) is 0. The molecule has 7 atom stereocenters. The fourth-order valence-corrected chi connectivity index (χ4v) is 8.88. The molecule has 1 saturated heterocycles. The summed E-state index contributed by atoms with van der Waals surface area (Å²) in [6, 6.07) is 0. The van der Waals surface area contributed by atoms with Crippen LogP contribution in [0.15, 0.2) is 11.1 Å². The summed E-state index contributed by atoms with van der Waals surface area (Å²) in [5.74, 6) is 3.12. The van der Waals surface area contributed by atoms with E-state index in [-0.39, 0.29) is 17.8 Å². The second-order valence-electron chi connectivity index (χ2n) is 11.0. The van der Waals surface area contributed by atoms with Crippen LogP contribution in [0, 0.1) is 35.0 Å². The largest absolute Gasteiger partial charge is 0.396 e. The first-order valence-electron chi connectivity index (χ1n) is 11.8. The van der Waals surface area contributed by atoms with E-state index in [0.29, 0.717) is 11.8 Å². The van der Waals surface area contributed by atoms with Crippen LogP contribution in [-0.2, 0) is 9.47 Å². The van der Waals surface area contributed by atoms with Crippen molar-refractivity contribution in [2.24, 2.45) is 35.0 Å². The molecule has 4 heteroatoms. The summed E-state index contributed by atoms with van der Waals surface area (Å²) in [5.41, 5.74) is 2.93. The van der Waals surface area contributed by atoms with Crippen molar-refractivity contribution in [2.45, 2.75) is 82.5 Å². The van der Waals surface area contributed by atoms with E-state index in [4.69, 9.17) is 9.47 Å². The number of fused-ring (bicyclic) bond motifs is 6. The molecule has 1 spiro atoms. The Labute approximate surface area is 168 Å². The molecule has 0 bridgehead atoms. The molecule has 4 fully saturated rings. The van der Waals surface area contributed by atoms with Gasteiger partial charge < -0.3 is 19.7 Å². The molecule has 156 valence electrons. The molecule has 1 aliphatic heterocycles. The number of hydrogen-bond acceptors (Lipinski definition) is 4. The van der Waals surface area contributed by atoms with Gasteiger partial charge in [-0.1, -0.05) is 18.1 Å². The Bertz CT molecular complexity index is 695. The number of ether oxygens (including phenoxy) is 2. The van der Waals surface area contributed by atoms with Crippen LogP contribution < -0.4 is 0 Å². The van der Waals surface area contributed by atoms with E-state index in [2.05, 4.69) is 6.92 Å². The fraction of sp³-hybridized carbons (Fsp3) is 0.917. The maximum absolute atomic E-state index is 11.8. The Morgan fingerprint density at radius 2 is 1.89 bits per heavy atom. The third-order valence-corrected chi connectivity index (χ3v) is 10.1. The molecule has 28 heavy (non-hydrogen) atoms. The van der Waals surface area contributed by atoms with Crippen molar-refractivity contribution >= 4 is 0 Å². The highest BCUT2D eigenvalue weighted by Gasteiger charge is 2.75. The molecule has 0 aromatic heterocycles. The highest BCUT2D eigenvalue weighted by atomic mass is 16.7. The molecule has 4 nitrogen and oxygen atoms in total. The van der Waals surface area contributed by atoms with Gasteiger partial charge in [0.15, 0.2) is 5.79 Å². The molecule has 2 N–H and O–H groups in total. The van der Waals surface area contributed by atoms with Crippen molar-refractivity contribution in [3.05, 3.63) is 11.1 Å². The monoisotopic (exact) mass is 388 g/mol. The van der Waals surface area contributed by atoms with Crippen molar-refractivity contribution in [1.29, 1.82) is 0 Å². The standard InChI is InChI=1S/C24H36O4/c1-22-8-5-17-16-6-9-23(27-11-12-28-23)14-15(16)3-4-18(17)21(22)19-13-20(19)24(22,26)7-2-10-25/h17-21,25-26H,2-14H2,1H3/t17?,18?,19-,20?,21?,22?,24?/m0/s1. The molecule has 0 aromatic rings. The van der Waals surface area contributed by atoms with E-state index >= 15 is 0 Å². The Balaban J connectivity index is 1.29. The van der Waals surface area contributed by atoms with Gasteiger partial charge in [0.05, 0.1) is 18.8 Å². The van der Waals surface area contributed by atoms with E-state index in [0.717, 1.165) is 69.5 Å². The lowest BCUT2D eigenvalue weighted by molar-refractivity contribution is -0.167. The average Bonchev–Trinajstić information content (AvgIpc) is 3.32. The number of aliphatic hydroxyl groups is 2. The molecule has 0 radical (unpaired) electrons. The maximum Gasteiger partial charge on any atom is 0.172 e. The van der Waals surface area contributed by atoms with Crippen molar-refractivity contribution in [1.82, 2.24) is 0 Å². The molecule has 5 aliphatic carbocycles. The molecule has 1 heterocycles. The summed E-state index contributed by atoms with van der Waals surface area (Å²) in [6.07, 6.45) is 10.8. The minimum atomic E-state index is -0.535. The van der Waals surface area contributed by atoms with Gasteiger partial charge in [-0.3, -0.25) is 0 Å². The number of rotatable bonds is 3. The Morgan fingerprint density at radius 1 is 1.07 bits per heavy atom. The zero-order valence-corrected chi connectivity index (χ0v) is 17.3. The van der Waals surface area contributed by atoms with Crippen LogP contribution in [0.25, 0.3) is 0 Å². The van der Waals surface area contributed by atoms with Crippen LogP contribution in [0.3, 0.4) is 0 Å². The molecule has 6 rings (SSSR count). The first-order chi connectivity index (χ1) is 13.5. The van der Waals surface area contributed by atoms with Gasteiger partial charge in [0, 0.05) is 19.4 Å². The van der Waals surface area contributed by atoms with Gasteiger partial charge in [0.1, 0.15) is 0 Å². The fourth-order valence-electron chi connectivity index (χ4n) is 8.88. The van der Waals surface area contributed by atoms with Gasteiger partial charge in [-0.25, -0.2) is 0 Å². The third kappa shape index (κ3) is 2.27. The summed E-state index contributed by atoms with van der Waals surface area (Å²) < 4.78 is 12.1. The molecule has 0 amide bonds. The lowest BCUT2D eigenvalue weighted by atomic mass is 9.50. The average molecular weight is 389 g/mol. The Hall–Kier alpha value is -0.420. The minimum Gasteiger partial charge on any atom is -0.396 e. The molecule has 0 aromatic carbocycles. The van der Waals surface area contributed by atoms with Crippen LogP contribution in [0.4, 0.5) is 0 Å². The summed E-state index contributed by atoms with van der Waals surface area (Å²) >= 11 is 0. The topological polar surface area (TPSA) is 58.9 Å². The first-order valence-corrected chi connectivity index (χ1v) is 11.8. The van der Waals surface area contributed by atoms with Crippen molar-refractivity contribution in [2.75, 3.05) is 19.8 Å². The van der Waals surface area contributed by atoms with E-state index < -0.39 is 5.60 Å². The van der Waals surface area contributed by atoms with Crippen LogP contribution in [0.2, 0.25) is 0 Å². The molecule has 6 aliphatic rings. The predicted octanol–water partition coefficient (Wildman–Crippen LogP) is 3.81. The zero-order chi connectivity index (χ0) is 19.1. The highest BCUT2D eigenvalue weighted by molar-refractivity contribution is 5.31. The lowest BCUT2D eigenvalue weighted by Gasteiger charge is -2.56. The van der Waals surface area contributed by atoms with Gasteiger partial charge >= 0.3 is 0 Å². The van der Waals surface area contributed by atoms with Gasteiger partial charge in [-0.05, 0) is 86.4 Å². The number of aliphatic hydroxyl groups excluding tert-OH is 1. The third-order valence-electron chi connectivity index (χ3n) is 10.1. The van der Waals surface area contributed by atoms with Crippen molar-refractivity contribution < 1.29 is 19.7 Å². The Kier molecular flexibility index (Phi) is 3.97. The van der Waals surface area contributed by atoms with Crippen LogP contribution in [0.1, 0.15) is 71.1 Å². The highest BCUT2D eigenvalue weighted by Crippen LogP contribution is 2.76. The summed E-state index contributed by atoms with van der Waals surface area (Å²) in [5, 5.41) is 21.2. The quantitative estimate of drug-likeness (QED) is 0.722. The van der Waals surface area contributed by atoms with Crippen LogP contribution in [-0.4, -0.2) is 41.4 Å². The normalized spacial score (nSPS) is 50.9. The molecule has 3 saturated carbocycles. The lowest BCUT2D eigenvalue weighted by Crippen LogP contribution is -2.54. The minimum absolute atomic E-state index is 0.0581. The van der Waals surface area contributed by atoms with Gasteiger partial charge in [-0.2, -0.15) is 0 Å². The van der Waals surface area contributed by atoms with Gasteiger partial charge in [-0.15, -0.1) is 0 Å². The van der Waals surface area contributed by atoms with Crippen molar-refractivity contribution in [3.63, 3.8) is 0 Å². The molecular weight excluding hydrogens is 352 g/mol. The summed E-state index contributed by atoms with van der Waals surface area (Å²) in [4.78, 5) is 0. The number of hydrogen-bond donors (Lipinski definition) is 2. The van der Waals surface area contributed by atoms with Crippen molar-refractivity contribution in [3.8, 4) is 0 Å². The van der Waals surface area contributed by atoms with E-state index in [9.17, 15) is 10.2 Å². The van der Waals surface area contributed by atoms with Crippen LogP contribution >= 0.6 is 0 Å². The van der Waals surface area contributed by atoms with E-state index in [1.54, 1.807) is 11.1 Å². The molecular formula is C24H36O4. The van der Waals surface area contributed by atoms with Gasteiger partial charge in [0.2, 0.25) is 0 Å². The second kappa shape index (κ2) is 6.06. The molecule has 6 unspecified atom stereocenters. The zero-order valence-electron chi connectivity index (χ0n) is 17.3. The second-order valence-corrected chi connectivity index (χ2v) is 11.0. The van der Waals surface area contributed by atoms with E-state index in [1.165, 1.54) is 25.7 Å². The predicted molar refractivity (Wildman–Crippen MR) is 105 cm³/mol. The number of allylic oxidation sites excluding steroid dienone is 1. The maximum atomic E-state index is 11.8. The Morgan fingerprint density at radius 3 is 2.68 bits per heavy atom. The smallest absolute Gasteiger partial charge is 0.172 e. The van der Waals surface area contributed by atoms with E-state index in [1.807, 2.05) is 0 Å². The first kappa shape index (κ1) is 18.4. The van der Waals surface area contributed by atoms with Gasteiger partial charge in [0.25, 0.3) is 0 Å². The SMILES string of the molecule is CC12CCC3C4=C(CCC3C1[C@H]1CC1C2(O)CCCO)CC1(CC4)OCCO1.